The van der Waals surface area contributed by atoms with Gasteiger partial charge in [-0.05, 0) is 25.8 Å². The highest BCUT2D eigenvalue weighted by atomic mass is 19.3. The molecule has 0 heterocycles. The number of hydrogen-bond donors (Lipinski definition) is 1. The molecule has 1 saturated carbocycles. The molecule has 1 fully saturated rings. The van der Waals surface area contributed by atoms with Crippen molar-refractivity contribution in [2.24, 2.45) is 11.7 Å². The summed E-state index contributed by atoms with van der Waals surface area (Å²) in [4.78, 5) is 1.71. The van der Waals surface area contributed by atoms with Crippen LogP contribution in [0.1, 0.15) is 18.4 Å². The lowest BCUT2D eigenvalue weighted by atomic mass is 10.1. The maximum absolute atomic E-state index is 14.1. The summed E-state index contributed by atoms with van der Waals surface area (Å²) in [5.41, 5.74) is 5.76. The summed E-state index contributed by atoms with van der Waals surface area (Å²) in [7, 11) is 1.74. The fourth-order valence-electron chi connectivity index (χ4n) is 2.42. The molecule has 1 unspecified atom stereocenters. The first-order valence-corrected chi connectivity index (χ1v) is 6.38. The van der Waals surface area contributed by atoms with Crippen molar-refractivity contribution in [3.05, 3.63) is 35.9 Å². The summed E-state index contributed by atoms with van der Waals surface area (Å²) in [6.45, 7) is 0.182. The van der Waals surface area contributed by atoms with Crippen LogP contribution in [0.5, 0.6) is 0 Å². The molecule has 0 amide bonds. The molecule has 18 heavy (non-hydrogen) atoms. The molecule has 0 aliphatic heterocycles. The Morgan fingerprint density at radius 2 is 1.94 bits per heavy atom. The molecule has 1 aromatic carbocycles. The normalized spacial score (nSPS) is 18.1. The van der Waals surface area contributed by atoms with Gasteiger partial charge in [-0.3, -0.25) is 4.90 Å². The highest BCUT2D eigenvalue weighted by molar-refractivity contribution is 5.20. The average Bonchev–Trinajstić information content (AvgIpc) is 3.15. The van der Waals surface area contributed by atoms with Gasteiger partial charge in [0.1, 0.15) is 0 Å². The fourth-order valence-corrected chi connectivity index (χ4v) is 2.42. The Morgan fingerprint density at radius 1 is 1.33 bits per heavy atom. The van der Waals surface area contributed by atoms with E-state index in [1.165, 1.54) is 12.1 Å². The predicted octanol–water partition coefficient (Wildman–Crippen LogP) is 2.45. The summed E-state index contributed by atoms with van der Waals surface area (Å²) in [6, 6.07) is 8.07. The monoisotopic (exact) mass is 254 g/mol. The zero-order chi connectivity index (χ0) is 13.2. The van der Waals surface area contributed by atoms with Crippen molar-refractivity contribution in [2.75, 3.05) is 20.1 Å². The van der Waals surface area contributed by atoms with Crippen LogP contribution in [0.25, 0.3) is 0 Å². The van der Waals surface area contributed by atoms with Gasteiger partial charge in [-0.2, -0.15) is 8.78 Å². The van der Waals surface area contributed by atoms with Gasteiger partial charge in [-0.25, -0.2) is 0 Å². The zero-order valence-electron chi connectivity index (χ0n) is 10.7. The van der Waals surface area contributed by atoms with E-state index in [0.29, 0.717) is 12.5 Å². The summed E-state index contributed by atoms with van der Waals surface area (Å²) in [6.07, 6.45) is 2.23. The van der Waals surface area contributed by atoms with Gasteiger partial charge in [0.05, 0.1) is 6.54 Å². The number of nitrogens with two attached hydrogens (primary N) is 1. The molecule has 1 aromatic rings. The van der Waals surface area contributed by atoms with Crippen molar-refractivity contribution >= 4 is 0 Å². The molecule has 0 radical (unpaired) electrons. The van der Waals surface area contributed by atoms with Crippen LogP contribution in [0.2, 0.25) is 0 Å². The zero-order valence-corrected chi connectivity index (χ0v) is 10.7. The van der Waals surface area contributed by atoms with Crippen molar-refractivity contribution in [1.82, 2.24) is 4.90 Å². The van der Waals surface area contributed by atoms with E-state index in [0.717, 1.165) is 12.8 Å². The Kier molecular flexibility index (Phi) is 3.97. The summed E-state index contributed by atoms with van der Waals surface area (Å²) in [5.74, 6) is -2.32. The number of hydrogen-bond acceptors (Lipinski definition) is 2. The van der Waals surface area contributed by atoms with Crippen molar-refractivity contribution in [1.29, 1.82) is 0 Å². The van der Waals surface area contributed by atoms with Gasteiger partial charge in [0.25, 0.3) is 5.92 Å². The third-order valence-corrected chi connectivity index (χ3v) is 3.62. The van der Waals surface area contributed by atoms with Gasteiger partial charge in [-0.15, -0.1) is 0 Å². The van der Waals surface area contributed by atoms with Crippen LogP contribution in [-0.2, 0) is 5.92 Å². The first-order valence-electron chi connectivity index (χ1n) is 6.38. The summed E-state index contributed by atoms with van der Waals surface area (Å²) in [5, 5.41) is 0. The maximum Gasteiger partial charge on any atom is 0.285 e. The number of rotatable bonds is 6. The second-order valence-electron chi connectivity index (χ2n) is 5.13. The van der Waals surface area contributed by atoms with Crippen LogP contribution >= 0.6 is 0 Å². The van der Waals surface area contributed by atoms with Crippen molar-refractivity contribution < 1.29 is 8.78 Å². The van der Waals surface area contributed by atoms with Crippen LogP contribution in [0.15, 0.2) is 30.3 Å². The Labute approximate surface area is 107 Å². The molecule has 0 saturated heterocycles. The minimum atomic E-state index is -2.82. The van der Waals surface area contributed by atoms with Crippen LogP contribution < -0.4 is 5.73 Å². The Balaban J connectivity index is 2.02. The molecule has 1 aliphatic rings. The number of alkyl halides is 2. The highest BCUT2D eigenvalue weighted by Crippen LogP contribution is 2.36. The van der Waals surface area contributed by atoms with Crippen LogP contribution in [-0.4, -0.2) is 31.1 Å². The van der Waals surface area contributed by atoms with Crippen LogP contribution in [0, 0.1) is 5.92 Å². The van der Waals surface area contributed by atoms with Crippen LogP contribution in [0.3, 0.4) is 0 Å². The van der Waals surface area contributed by atoms with Crippen molar-refractivity contribution in [3.63, 3.8) is 0 Å². The maximum atomic E-state index is 14.1. The largest absolute Gasteiger partial charge is 0.329 e. The standard InChI is InChI=1S/C14H20F2N2/c1-18(13(9-17)11-7-8-11)10-14(15,16)12-5-3-2-4-6-12/h2-6,11,13H,7-10,17H2,1H3. The third kappa shape index (κ3) is 3.06. The second kappa shape index (κ2) is 5.33. The van der Waals surface area contributed by atoms with Gasteiger partial charge in [0.15, 0.2) is 0 Å². The molecule has 2 nitrogen and oxygen atoms in total. The van der Waals surface area contributed by atoms with Crippen molar-refractivity contribution in [3.8, 4) is 0 Å². The smallest absolute Gasteiger partial charge is 0.285 e. The van der Waals surface area contributed by atoms with Gasteiger partial charge in [0, 0.05) is 18.2 Å². The third-order valence-electron chi connectivity index (χ3n) is 3.62. The Hall–Kier alpha value is -1.00. The van der Waals surface area contributed by atoms with E-state index >= 15 is 0 Å². The predicted molar refractivity (Wildman–Crippen MR) is 68.5 cm³/mol. The minimum Gasteiger partial charge on any atom is -0.329 e. The lowest BCUT2D eigenvalue weighted by Crippen LogP contribution is -2.44. The molecule has 2 N–H and O–H groups in total. The molecule has 0 aromatic heterocycles. The number of benzene rings is 1. The van der Waals surface area contributed by atoms with Gasteiger partial charge < -0.3 is 5.73 Å². The summed E-state index contributed by atoms with van der Waals surface area (Å²) >= 11 is 0. The fraction of sp³-hybridized carbons (Fsp3) is 0.571. The molecule has 4 heteroatoms. The molecule has 0 bridgehead atoms. The molecule has 100 valence electrons. The lowest BCUT2D eigenvalue weighted by Gasteiger charge is -2.30. The molecular formula is C14H20F2N2. The first kappa shape index (κ1) is 13.4. The Morgan fingerprint density at radius 3 is 2.44 bits per heavy atom. The van der Waals surface area contributed by atoms with E-state index in [2.05, 4.69) is 0 Å². The molecule has 1 aliphatic carbocycles. The van der Waals surface area contributed by atoms with E-state index in [9.17, 15) is 8.78 Å². The first-order chi connectivity index (χ1) is 8.54. The summed E-state index contributed by atoms with van der Waals surface area (Å²) < 4.78 is 28.2. The van der Waals surface area contributed by atoms with Gasteiger partial charge >= 0.3 is 0 Å². The van der Waals surface area contributed by atoms with Crippen molar-refractivity contribution in [2.45, 2.75) is 24.8 Å². The van der Waals surface area contributed by atoms with E-state index in [1.807, 2.05) is 0 Å². The average molecular weight is 254 g/mol. The lowest BCUT2D eigenvalue weighted by molar-refractivity contribution is -0.0422. The van der Waals surface area contributed by atoms with E-state index in [-0.39, 0.29) is 18.2 Å². The second-order valence-corrected chi connectivity index (χ2v) is 5.13. The SMILES string of the molecule is CN(CC(F)(F)c1ccccc1)C(CN)C1CC1. The quantitative estimate of drug-likeness (QED) is 0.845. The topological polar surface area (TPSA) is 29.3 Å². The van der Waals surface area contributed by atoms with E-state index in [4.69, 9.17) is 5.73 Å². The Bertz CT molecular complexity index is 377. The molecular weight excluding hydrogens is 234 g/mol. The van der Waals surface area contributed by atoms with Crippen LogP contribution in [0.4, 0.5) is 8.78 Å². The number of likely N-dealkylation sites (N-methyl/N-ethyl adjacent to an activating group) is 1. The molecule has 2 rings (SSSR count). The van der Waals surface area contributed by atoms with Gasteiger partial charge in [0.2, 0.25) is 0 Å². The highest BCUT2D eigenvalue weighted by Gasteiger charge is 2.38. The van der Waals surface area contributed by atoms with E-state index < -0.39 is 5.92 Å². The van der Waals surface area contributed by atoms with E-state index in [1.54, 1.807) is 30.1 Å². The minimum absolute atomic E-state index is 0.0726. The molecule has 0 spiro atoms. The number of halogens is 2. The van der Waals surface area contributed by atoms with Gasteiger partial charge in [-0.1, -0.05) is 30.3 Å². The number of nitrogens with zero attached hydrogens (tertiary/aromatic N) is 1. The molecule has 1 atom stereocenters.